The van der Waals surface area contributed by atoms with Crippen molar-refractivity contribution in [2.45, 2.75) is 39.5 Å². The van der Waals surface area contributed by atoms with Crippen LogP contribution in [0.4, 0.5) is 0 Å². The topological polar surface area (TPSA) is 64.6 Å². The summed E-state index contributed by atoms with van der Waals surface area (Å²) < 4.78 is 11.5. The maximum absolute atomic E-state index is 13.2. The van der Waals surface area contributed by atoms with Gasteiger partial charge < -0.3 is 14.8 Å². The first-order chi connectivity index (χ1) is 13.2. The second-order valence-electron chi connectivity index (χ2n) is 8.11. The van der Waals surface area contributed by atoms with E-state index in [9.17, 15) is 9.59 Å². The Bertz CT molecular complexity index is 869. The Morgan fingerprint density at radius 2 is 2.04 bits per heavy atom. The van der Waals surface area contributed by atoms with Crippen LogP contribution in [0.1, 0.15) is 45.1 Å². The summed E-state index contributed by atoms with van der Waals surface area (Å²) in [6, 6.07) is 7.97. The van der Waals surface area contributed by atoms with Crippen LogP contribution in [-0.4, -0.2) is 32.1 Å². The van der Waals surface area contributed by atoms with Gasteiger partial charge in [-0.2, -0.15) is 0 Å². The number of dihydropyridines is 1. The number of benzene rings is 1. The largest absolute Gasteiger partial charge is 0.460 e. The van der Waals surface area contributed by atoms with Gasteiger partial charge >= 0.3 is 5.97 Å². The van der Waals surface area contributed by atoms with E-state index >= 15 is 0 Å². The third kappa shape index (κ3) is 4.33. The van der Waals surface area contributed by atoms with E-state index < -0.39 is 11.9 Å². The van der Waals surface area contributed by atoms with Crippen molar-refractivity contribution < 1.29 is 19.1 Å². The third-order valence-corrected chi connectivity index (χ3v) is 5.83. The summed E-state index contributed by atoms with van der Waals surface area (Å²) in [7, 11) is 1.56. The number of carbonyl (C=O) groups excluding carboxylic acids is 2. The summed E-state index contributed by atoms with van der Waals surface area (Å²) in [4.78, 5) is 26.1. The molecule has 0 bridgehead atoms. The number of nitrogens with one attached hydrogen (secondary N) is 1. The van der Waals surface area contributed by atoms with E-state index in [4.69, 9.17) is 9.47 Å². The van der Waals surface area contributed by atoms with Gasteiger partial charge in [0.2, 0.25) is 0 Å². The molecule has 0 fully saturated rings. The monoisotopic (exact) mass is 495 g/mol. The van der Waals surface area contributed by atoms with Gasteiger partial charge in [0.15, 0.2) is 5.78 Å². The zero-order chi connectivity index (χ0) is 20.5. The van der Waals surface area contributed by atoms with Crippen molar-refractivity contribution in [3.63, 3.8) is 0 Å². The predicted molar refractivity (Wildman–Crippen MR) is 116 cm³/mol. The van der Waals surface area contributed by atoms with Crippen LogP contribution < -0.4 is 5.32 Å². The second kappa shape index (κ2) is 8.37. The van der Waals surface area contributed by atoms with Crippen LogP contribution in [0.25, 0.3) is 0 Å². The molecule has 0 amide bonds. The lowest BCUT2D eigenvalue weighted by Crippen LogP contribution is -2.38. The number of halogens is 1. The van der Waals surface area contributed by atoms with Gasteiger partial charge in [-0.15, -0.1) is 0 Å². The van der Waals surface area contributed by atoms with Crippen LogP contribution in [-0.2, 0) is 19.1 Å². The van der Waals surface area contributed by atoms with Gasteiger partial charge in [0.25, 0.3) is 0 Å². The van der Waals surface area contributed by atoms with Crippen molar-refractivity contribution in [1.82, 2.24) is 5.32 Å². The highest BCUT2D eigenvalue weighted by atomic mass is 127. The minimum Gasteiger partial charge on any atom is -0.460 e. The molecule has 1 aliphatic heterocycles. The van der Waals surface area contributed by atoms with Crippen molar-refractivity contribution in [3.05, 3.63) is 55.9 Å². The highest BCUT2D eigenvalue weighted by molar-refractivity contribution is 14.1. The number of ether oxygens (including phenoxy) is 2. The van der Waals surface area contributed by atoms with Gasteiger partial charge in [0.05, 0.1) is 12.2 Å². The molecular formula is C22H26INO4. The van der Waals surface area contributed by atoms with Crippen LogP contribution in [0.5, 0.6) is 0 Å². The third-order valence-electron chi connectivity index (χ3n) is 5.16. The normalized spacial score (nSPS) is 21.3. The maximum Gasteiger partial charge on any atom is 0.336 e. The van der Waals surface area contributed by atoms with E-state index in [-0.39, 0.29) is 17.8 Å². The lowest BCUT2D eigenvalue weighted by atomic mass is 9.68. The smallest absolute Gasteiger partial charge is 0.336 e. The first-order valence-electron chi connectivity index (χ1n) is 9.39. The predicted octanol–water partition coefficient (Wildman–Crippen LogP) is 4.08. The van der Waals surface area contributed by atoms with Gasteiger partial charge in [0.1, 0.15) is 6.61 Å². The Kier molecular flexibility index (Phi) is 6.29. The van der Waals surface area contributed by atoms with Gasteiger partial charge in [-0.25, -0.2) is 4.79 Å². The molecule has 0 unspecified atom stereocenters. The highest BCUT2D eigenvalue weighted by Gasteiger charge is 2.43. The molecule has 0 spiro atoms. The molecule has 28 heavy (non-hydrogen) atoms. The first-order valence-corrected chi connectivity index (χ1v) is 10.5. The van der Waals surface area contributed by atoms with Crippen LogP contribution in [0.15, 0.2) is 46.8 Å². The van der Waals surface area contributed by atoms with Crippen LogP contribution in [0.2, 0.25) is 0 Å². The van der Waals surface area contributed by atoms with Crippen molar-refractivity contribution in [1.29, 1.82) is 0 Å². The van der Waals surface area contributed by atoms with Crippen molar-refractivity contribution >= 4 is 34.3 Å². The molecule has 5 nitrogen and oxygen atoms in total. The number of Topliss-reactive ketones (excluding diaryl/α,β-unsaturated/α-hetero) is 1. The molecule has 0 radical (unpaired) electrons. The molecule has 3 rings (SSSR count). The highest BCUT2D eigenvalue weighted by Crippen LogP contribution is 2.46. The minimum atomic E-state index is -0.412. The Morgan fingerprint density at radius 1 is 1.29 bits per heavy atom. The summed E-state index contributed by atoms with van der Waals surface area (Å²) in [6.07, 6.45) is 1.25. The number of carbonyl (C=O) groups is 2. The summed E-state index contributed by atoms with van der Waals surface area (Å²) in [5, 5.41) is 3.34. The van der Waals surface area contributed by atoms with Crippen LogP contribution >= 0.6 is 22.6 Å². The molecule has 1 aromatic rings. The number of hydrogen-bond donors (Lipinski definition) is 1. The molecule has 0 saturated carbocycles. The average Bonchev–Trinajstić information content (AvgIpc) is 2.59. The molecule has 1 heterocycles. The Labute approximate surface area is 179 Å². The zero-order valence-corrected chi connectivity index (χ0v) is 18.9. The lowest BCUT2D eigenvalue weighted by Gasteiger charge is -2.39. The van der Waals surface area contributed by atoms with E-state index in [1.54, 1.807) is 7.11 Å². The van der Waals surface area contributed by atoms with Crippen molar-refractivity contribution in [3.8, 4) is 0 Å². The number of rotatable bonds is 5. The standard InChI is InChI=1S/C22H26INO4/c1-13-18(21(26)28-9-8-27-4)19(14-6-5-7-15(23)10-14)20-16(24-13)11-22(2,3)12-17(20)25/h5-7,10,19,24H,8-9,11-12H2,1-4H3/t19-/m0/s1. The van der Waals surface area contributed by atoms with Gasteiger partial charge in [-0.1, -0.05) is 26.0 Å². The van der Waals surface area contributed by atoms with Crippen molar-refractivity contribution in [2.75, 3.05) is 20.3 Å². The summed E-state index contributed by atoms with van der Waals surface area (Å²) >= 11 is 2.25. The number of hydrogen-bond acceptors (Lipinski definition) is 5. The van der Waals surface area contributed by atoms with Crippen molar-refractivity contribution in [2.24, 2.45) is 5.41 Å². The lowest BCUT2D eigenvalue weighted by molar-refractivity contribution is -0.140. The van der Waals surface area contributed by atoms with Gasteiger partial charge in [-0.05, 0) is 59.0 Å². The molecule has 1 aliphatic carbocycles. The summed E-state index contributed by atoms with van der Waals surface area (Å²) in [5.74, 6) is -0.725. The Hall–Kier alpha value is -1.67. The second-order valence-corrected chi connectivity index (χ2v) is 9.36. The van der Waals surface area contributed by atoms with Crippen LogP contribution in [0.3, 0.4) is 0 Å². The fraction of sp³-hybridized carbons (Fsp3) is 0.455. The molecule has 0 aromatic heterocycles. The van der Waals surface area contributed by atoms with Gasteiger partial charge in [-0.3, -0.25) is 4.79 Å². The fourth-order valence-electron chi connectivity index (χ4n) is 4.02. The van der Waals surface area contributed by atoms with Crippen LogP contribution in [0, 0.1) is 8.99 Å². The molecule has 150 valence electrons. The average molecular weight is 495 g/mol. The van der Waals surface area contributed by atoms with Gasteiger partial charge in [0, 0.05) is 40.0 Å². The van der Waals surface area contributed by atoms with E-state index in [1.165, 1.54) is 0 Å². The molecule has 2 aliphatic rings. The summed E-state index contributed by atoms with van der Waals surface area (Å²) in [5.41, 5.74) is 3.71. The van der Waals surface area contributed by atoms with E-state index in [0.29, 0.717) is 24.2 Å². The molecule has 0 saturated heterocycles. The molecule has 1 N–H and O–H groups in total. The quantitative estimate of drug-likeness (QED) is 0.379. The minimum absolute atomic E-state index is 0.0947. The number of ketones is 1. The van der Waals surface area contributed by atoms with E-state index in [0.717, 1.165) is 26.9 Å². The van der Waals surface area contributed by atoms with E-state index in [1.807, 2.05) is 31.2 Å². The summed E-state index contributed by atoms with van der Waals surface area (Å²) in [6.45, 7) is 6.59. The Balaban J connectivity index is 2.09. The molecular weight excluding hydrogens is 469 g/mol. The number of allylic oxidation sites excluding steroid dienone is 3. The zero-order valence-electron chi connectivity index (χ0n) is 16.7. The van der Waals surface area contributed by atoms with E-state index in [2.05, 4.69) is 41.8 Å². The maximum atomic E-state index is 13.2. The number of methoxy groups -OCH3 is 1. The first kappa shape index (κ1) is 21.0. The molecule has 6 heteroatoms. The fourth-order valence-corrected chi connectivity index (χ4v) is 4.59. The molecule has 1 atom stereocenters. The SMILES string of the molecule is COCCOC(=O)C1=C(C)NC2=C(C(=O)CC(C)(C)C2)[C@H]1c1cccc(I)c1. The molecule has 1 aromatic carbocycles. The Morgan fingerprint density at radius 3 is 2.71 bits per heavy atom. The number of esters is 1.